The second-order valence-electron chi connectivity index (χ2n) is 14.5. The SMILES string of the molecule is COc1c(C(C)(C)C)cc(C)cc1[Si](C)(C)[C]1([Lu]([CH2]c2ccccc2N(C)C)[CH2]c2ccccc2N(C)C)C(C)=CC(C)=C1C. The van der Waals surface area contributed by atoms with Crippen molar-refractivity contribution in [2.24, 2.45) is 0 Å². The molecule has 1 aliphatic rings. The molecule has 0 heterocycles. The van der Waals surface area contributed by atoms with Gasteiger partial charge in [0, 0.05) is 0 Å². The maximum atomic E-state index is 6.46. The van der Waals surface area contributed by atoms with E-state index in [1.807, 2.05) is 7.11 Å². The van der Waals surface area contributed by atoms with Gasteiger partial charge >= 0.3 is 291 Å². The van der Waals surface area contributed by atoms with E-state index in [0.717, 1.165) is 11.0 Å². The van der Waals surface area contributed by atoms with Gasteiger partial charge in [0.05, 0.1) is 0 Å². The number of nitrogens with zero attached hydrogens (tertiary/aromatic N) is 2. The first-order chi connectivity index (χ1) is 21.0. The second kappa shape index (κ2) is 13.6. The average Bonchev–Trinajstić information content (AvgIpc) is 3.20. The minimum atomic E-state index is -2.36. The van der Waals surface area contributed by atoms with Gasteiger partial charge in [-0.15, -0.1) is 0 Å². The number of allylic oxidation sites excluding steroid dienone is 4. The van der Waals surface area contributed by atoms with Gasteiger partial charge < -0.3 is 0 Å². The molecule has 0 bridgehead atoms. The van der Waals surface area contributed by atoms with E-state index in [1.165, 1.54) is 44.4 Å². The fourth-order valence-corrected chi connectivity index (χ4v) is 23.1. The first-order valence-corrected chi connectivity index (χ1v) is 22.1. The third kappa shape index (κ3) is 6.58. The molecule has 3 aromatic rings. The van der Waals surface area contributed by atoms with Gasteiger partial charge in [-0.1, -0.05) is 0 Å². The molecule has 0 aliphatic heterocycles. The Balaban J connectivity index is 2.10. The quantitative estimate of drug-likeness (QED) is 0.191. The number of hydrogen-bond donors (Lipinski definition) is 0. The van der Waals surface area contributed by atoms with Crippen LogP contribution in [0.15, 0.2) is 83.5 Å². The zero-order valence-electron chi connectivity index (χ0n) is 30.3. The van der Waals surface area contributed by atoms with Gasteiger partial charge in [0.1, 0.15) is 0 Å². The van der Waals surface area contributed by atoms with E-state index in [0.29, 0.717) is 0 Å². The first kappa shape index (κ1) is 35.8. The second-order valence-corrected chi connectivity index (χ2v) is 24.2. The summed E-state index contributed by atoms with van der Waals surface area (Å²) in [4.78, 5) is 4.59. The number of methoxy groups -OCH3 is 1. The topological polar surface area (TPSA) is 15.7 Å². The summed E-state index contributed by atoms with van der Waals surface area (Å²) in [5, 5.41) is 1.46. The molecular formula is C40H57LuN2OSi. The van der Waals surface area contributed by atoms with Gasteiger partial charge in [-0.05, 0) is 0 Å². The summed E-state index contributed by atoms with van der Waals surface area (Å²) >= 11 is -1.33. The van der Waals surface area contributed by atoms with Crippen molar-refractivity contribution in [1.82, 2.24) is 0 Å². The fourth-order valence-electron chi connectivity index (χ4n) is 7.18. The Bertz CT molecular complexity index is 1560. The summed E-state index contributed by atoms with van der Waals surface area (Å²) in [5.74, 6) is 1.11. The molecule has 0 N–H and O–H groups in total. The molecule has 4 rings (SSSR count). The Hall–Kier alpha value is -2.01. The zero-order valence-corrected chi connectivity index (χ0v) is 33.0. The van der Waals surface area contributed by atoms with Crippen LogP contribution in [0.3, 0.4) is 0 Å². The number of para-hydroxylation sites is 2. The summed E-state index contributed by atoms with van der Waals surface area (Å²) in [6, 6.07) is 23.0. The number of benzene rings is 3. The Kier molecular flexibility index (Phi) is 10.8. The molecule has 45 heavy (non-hydrogen) atoms. The molecule has 3 nitrogen and oxygen atoms in total. The number of rotatable bonds is 10. The van der Waals surface area contributed by atoms with E-state index < -0.39 is 39.2 Å². The Labute approximate surface area is 288 Å². The van der Waals surface area contributed by atoms with Crippen LogP contribution in [0.2, 0.25) is 14.4 Å². The summed E-state index contributed by atoms with van der Waals surface area (Å²) in [6.07, 6.45) is 2.53. The molecule has 0 fully saturated rings. The number of anilines is 2. The van der Waals surface area contributed by atoms with E-state index in [-0.39, 0.29) is 6.67 Å². The predicted octanol–water partition coefficient (Wildman–Crippen LogP) is 9.36. The number of hydrogen-bond acceptors (Lipinski definition) is 3. The molecule has 5 heteroatoms. The van der Waals surface area contributed by atoms with E-state index in [2.05, 4.69) is 166 Å². The molecule has 0 amide bonds. The van der Waals surface area contributed by atoms with Gasteiger partial charge in [0.2, 0.25) is 0 Å². The molecule has 1 unspecified atom stereocenters. The number of aryl methyl sites for hydroxylation is 1. The zero-order chi connectivity index (χ0) is 33.5. The normalized spacial score (nSPS) is 17.4. The summed E-state index contributed by atoms with van der Waals surface area (Å²) in [7, 11) is 8.26. The van der Waals surface area contributed by atoms with E-state index >= 15 is 0 Å². The molecule has 0 saturated heterocycles. The van der Waals surface area contributed by atoms with Crippen LogP contribution in [0.4, 0.5) is 11.4 Å². The first-order valence-electron chi connectivity index (χ1n) is 15.9. The summed E-state index contributed by atoms with van der Waals surface area (Å²) < 4.78 is 8.65. The average molecular weight is 785 g/mol. The molecule has 0 spiro atoms. The standard InChI is InChI=1S/C22H33OSi.2C9H12N.Lu/c1-14-11-18(22(5,6)7)20(23-8)19(12-14)24(9,10)21-16(3)13-15(2)17(21)4;2*1-8-6-4-5-7-9(8)10(2)3;/h11-13H,1-10H3;2*4-7H,1H2,2-3H3;. The van der Waals surface area contributed by atoms with E-state index in [1.54, 1.807) is 11.1 Å². The molecule has 252 valence electrons. The Morgan fingerprint density at radius 2 is 1.27 bits per heavy atom. The molecule has 1 atom stereocenters. The summed E-state index contributed by atoms with van der Waals surface area (Å²) in [6.45, 7) is 21.8. The van der Waals surface area contributed by atoms with Crippen LogP contribution in [0.5, 0.6) is 5.75 Å². The monoisotopic (exact) mass is 784 g/mol. The molecule has 0 saturated carbocycles. The fraction of sp³-hybridized carbons (Fsp3) is 0.450. The van der Waals surface area contributed by atoms with Gasteiger partial charge in [0.15, 0.2) is 0 Å². The van der Waals surface area contributed by atoms with Crippen molar-refractivity contribution < 1.29 is 35.9 Å². The van der Waals surface area contributed by atoms with Crippen molar-refractivity contribution in [3.63, 3.8) is 0 Å². The van der Waals surface area contributed by atoms with Crippen molar-refractivity contribution in [2.75, 3.05) is 45.1 Å². The molecule has 0 radical (unpaired) electrons. The van der Waals surface area contributed by atoms with Gasteiger partial charge in [-0.2, -0.15) is 0 Å². The van der Waals surface area contributed by atoms with Crippen LogP contribution in [0.1, 0.15) is 63.8 Å². The van der Waals surface area contributed by atoms with Crippen LogP contribution in [-0.2, 0) is 10.7 Å². The molecule has 1 aliphatic carbocycles. The van der Waals surface area contributed by atoms with Crippen LogP contribution in [-0.4, -0.2) is 43.4 Å². The molecule has 3 aromatic carbocycles. The van der Waals surface area contributed by atoms with Crippen molar-refractivity contribution >= 4 is 24.6 Å². The van der Waals surface area contributed by atoms with Crippen molar-refractivity contribution in [3.8, 4) is 5.75 Å². The van der Waals surface area contributed by atoms with E-state index in [4.69, 9.17) is 4.74 Å². The van der Waals surface area contributed by atoms with Crippen molar-refractivity contribution in [1.29, 1.82) is 0 Å². The Morgan fingerprint density at radius 1 is 0.778 bits per heavy atom. The minimum absolute atomic E-state index is 0.00778. The van der Waals surface area contributed by atoms with Crippen molar-refractivity contribution in [2.45, 2.75) is 73.5 Å². The number of ether oxygens (including phenoxy) is 1. The molecular weight excluding hydrogens is 728 g/mol. The summed E-state index contributed by atoms with van der Waals surface area (Å²) in [5.41, 5.74) is 12.8. The third-order valence-electron chi connectivity index (χ3n) is 9.34. The predicted molar refractivity (Wildman–Crippen MR) is 197 cm³/mol. The van der Waals surface area contributed by atoms with E-state index in [9.17, 15) is 0 Å². The maximum absolute atomic E-state index is 6.46. The Morgan fingerprint density at radius 3 is 1.67 bits per heavy atom. The van der Waals surface area contributed by atoms with Gasteiger partial charge in [-0.25, -0.2) is 0 Å². The van der Waals surface area contributed by atoms with Crippen LogP contribution in [0.25, 0.3) is 0 Å². The van der Waals surface area contributed by atoms with Gasteiger partial charge in [-0.3, -0.25) is 0 Å². The third-order valence-corrected chi connectivity index (χ3v) is 23.6. The van der Waals surface area contributed by atoms with Crippen LogP contribution < -0.4 is 19.7 Å². The van der Waals surface area contributed by atoms with Crippen LogP contribution >= 0.6 is 0 Å². The van der Waals surface area contributed by atoms with Crippen molar-refractivity contribution in [3.05, 3.63) is 106 Å². The molecule has 0 aromatic heterocycles. The van der Waals surface area contributed by atoms with Gasteiger partial charge in [0.25, 0.3) is 0 Å². The van der Waals surface area contributed by atoms with Crippen LogP contribution in [0, 0.1) is 38.0 Å².